The minimum absolute atomic E-state index is 0.0135. The van der Waals surface area contributed by atoms with Crippen LogP contribution in [0.15, 0.2) is 55.0 Å². The van der Waals surface area contributed by atoms with Crippen molar-refractivity contribution in [2.24, 2.45) is 0 Å². The van der Waals surface area contributed by atoms with Gasteiger partial charge in [0.25, 0.3) is 0 Å². The van der Waals surface area contributed by atoms with Gasteiger partial charge in [0.2, 0.25) is 0 Å². The molecule has 1 aromatic carbocycles. The van der Waals surface area contributed by atoms with Gasteiger partial charge in [0.15, 0.2) is 11.6 Å². The van der Waals surface area contributed by atoms with Crippen LogP contribution >= 0.6 is 11.3 Å². The molecule has 5 heterocycles. The highest BCUT2D eigenvalue weighted by atomic mass is 32.1. The molecule has 0 amide bonds. The summed E-state index contributed by atoms with van der Waals surface area (Å²) in [6.07, 6.45) is 5.14. The lowest BCUT2D eigenvalue weighted by atomic mass is 10.0. The SMILES string of the molecule is CCNCc1cncc(-c2cc3c(-c4nc5c(-c6ccc(C(C)=O)s6)nccc5[nH]4)n[nH]c3cc2F)c1. The van der Waals surface area contributed by atoms with E-state index in [4.69, 9.17) is 4.98 Å². The van der Waals surface area contributed by atoms with Gasteiger partial charge in [0.1, 0.15) is 22.7 Å². The van der Waals surface area contributed by atoms with Gasteiger partial charge in [-0.05, 0) is 49.4 Å². The maximum atomic E-state index is 15.1. The molecule has 0 aliphatic rings. The number of pyridine rings is 2. The Labute approximate surface area is 215 Å². The number of carbonyl (C=O) groups is 1. The molecule has 10 heteroatoms. The molecule has 3 N–H and O–H groups in total. The Bertz CT molecular complexity index is 1780. The third-order valence-corrected chi connectivity index (χ3v) is 7.34. The number of nitrogens with one attached hydrogen (secondary N) is 3. The molecule has 6 aromatic rings. The fraction of sp³-hybridized carbons (Fsp3) is 0.148. The number of rotatable bonds is 7. The fourth-order valence-electron chi connectivity index (χ4n) is 4.32. The number of fused-ring (bicyclic) bond motifs is 2. The van der Waals surface area contributed by atoms with Gasteiger partial charge in [0, 0.05) is 47.7 Å². The number of hydrogen-bond acceptors (Lipinski definition) is 7. The molecule has 0 spiro atoms. The van der Waals surface area contributed by atoms with Crippen molar-refractivity contribution in [3.63, 3.8) is 0 Å². The molecule has 0 aliphatic carbocycles. The van der Waals surface area contributed by atoms with E-state index in [2.05, 4.69) is 30.5 Å². The second-order valence-electron chi connectivity index (χ2n) is 8.67. The molecule has 0 saturated carbocycles. The summed E-state index contributed by atoms with van der Waals surface area (Å²) in [6, 6.07) is 10.7. The molecule has 0 saturated heterocycles. The lowest BCUT2D eigenvalue weighted by molar-refractivity contribution is 0.102. The molecule has 0 unspecified atom stereocenters. The summed E-state index contributed by atoms with van der Waals surface area (Å²) in [4.78, 5) is 30.3. The summed E-state index contributed by atoms with van der Waals surface area (Å²) in [5.41, 5.74) is 5.40. The summed E-state index contributed by atoms with van der Waals surface area (Å²) in [6.45, 7) is 5.07. The van der Waals surface area contributed by atoms with Gasteiger partial charge in [-0.15, -0.1) is 11.3 Å². The molecule has 0 fully saturated rings. The molecule has 184 valence electrons. The first-order valence-corrected chi connectivity index (χ1v) is 12.6. The topological polar surface area (TPSA) is 112 Å². The normalized spacial score (nSPS) is 11.5. The zero-order valence-electron chi connectivity index (χ0n) is 20.1. The Morgan fingerprint density at radius 1 is 1.11 bits per heavy atom. The van der Waals surface area contributed by atoms with Crippen molar-refractivity contribution in [3.05, 3.63) is 71.2 Å². The van der Waals surface area contributed by atoms with E-state index < -0.39 is 0 Å². The number of aromatic amines is 2. The first-order chi connectivity index (χ1) is 18.0. The van der Waals surface area contributed by atoms with Crippen molar-refractivity contribution < 1.29 is 9.18 Å². The molecular formula is C27H22FN7OS. The molecule has 6 rings (SSSR count). The summed E-state index contributed by atoms with van der Waals surface area (Å²) >= 11 is 1.39. The zero-order valence-corrected chi connectivity index (χ0v) is 20.9. The standard InChI is InChI=1S/C27H22FN7OS/c1-3-29-11-15-8-16(13-30-12-15)17-9-18-21(10-19(17)28)34-35-24(18)27-32-20-6-7-31-26(25(20)33-27)23-5-4-22(37-23)14(2)36/h4-10,12-13,29H,3,11H2,1-2H3,(H,32,33)(H,34,35). The van der Waals surface area contributed by atoms with Crippen LogP contribution in [0, 0.1) is 5.82 Å². The number of carbonyl (C=O) groups excluding carboxylic acids is 1. The van der Waals surface area contributed by atoms with Crippen LogP contribution in [0.2, 0.25) is 0 Å². The largest absolute Gasteiger partial charge is 0.336 e. The molecule has 0 atom stereocenters. The van der Waals surface area contributed by atoms with E-state index in [9.17, 15) is 4.79 Å². The van der Waals surface area contributed by atoms with Crippen molar-refractivity contribution in [1.82, 2.24) is 35.5 Å². The molecular weight excluding hydrogens is 489 g/mol. The van der Waals surface area contributed by atoms with E-state index in [1.165, 1.54) is 17.4 Å². The second kappa shape index (κ2) is 9.30. The van der Waals surface area contributed by atoms with E-state index in [1.807, 2.05) is 25.1 Å². The lowest BCUT2D eigenvalue weighted by Crippen LogP contribution is -2.11. The van der Waals surface area contributed by atoms with Crippen molar-refractivity contribution in [3.8, 4) is 33.2 Å². The smallest absolute Gasteiger partial charge is 0.169 e. The number of hydrogen-bond donors (Lipinski definition) is 3. The molecule has 37 heavy (non-hydrogen) atoms. The number of benzene rings is 1. The minimum Gasteiger partial charge on any atom is -0.336 e. The van der Waals surface area contributed by atoms with Crippen LogP contribution < -0.4 is 5.32 Å². The van der Waals surface area contributed by atoms with Crippen LogP contribution in [0.4, 0.5) is 4.39 Å². The van der Waals surface area contributed by atoms with Crippen molar-refractivity contribution in [2.75, 3.05) is 6.54 Å². The highest BCUT2D eigenvalue weighted by Crippen LogP contribution is 2.35. The van der Waals surface area contributed by atoms with Crippen LogP contribution in [0.25, 0.3) is 55.2 Å². The maximum Gasteiger partial charge on any atom is 0.169 e. The Kier molecular flexibility index (Phi) is 5.82. The maximum absolute atomic E-state index is 15.1. The summed E-state index contributed by atoms with van der Waals surface area (Å²) in [5.74, 6) is 0.190. The Balaban J connectivity index is 1.45. The van der Waals surface area contributed by atoms with Crippen LogP contribution in [0.5, 0.6) is 0 Å². The van der Waals surface area contributed by atoms with Gasteiger partial charge in [-0.3, -0.25) is 19.9 Å². The average Bonchev–Trinajstić information content (AvgIpc) is 3.64. The molecule has 5 aromatic heterocycles. The highest BCUT2D eigenvalue weighted by molar-refractivity contribution is 7.17. The number of thiophene rings is 1. The summed E-state index contributed by atoms with van der Waals surface area (Å²) in [7, 11) is 0. The van der Waals surface area contributed by atoms with Gasteiger partial charge < -0.3 is 10.3 Å². The third kappa shape index (κ3) is 4.20. The monoisotopic (exact) mass is 511 g/mol. The predicted molar refractivity (Wildman–Crippen MR) is 143 cm³/mol. The third-order valence-electron chi connectivity index (χ3n) is 6.15. The Morgan fingerprint density at radius 2 is 2.00 bits per heavy atom. The molecule has 8 nitrogen and oxygen atoms in total. The van der Waals surface area contributed by atoms with E-state index in [0.717, 1.165) is 27.9 Å². The predicted octanol–water partition coefficient (Wildman–Crippen LogP) is 5.74. The summed E-state index contributed by atoms with van der Waals surface area (Å²) < 4.78 is 15.1. The van der Waals surface area contributed by atoms with Gasteiger partial charge in [0.05, 0.1) is 20.8 Å². The van der Waals surface area contributed by atoms with E-state index in [1.54, 1.807) is 37.6 Å². The average molecular weight is 512 g/mol. The first-order valence-electron chi connectivity index (χ1n) is 11.8. The quantitative estimate of drug-likeness (QED) is 0.236. The van der Waals surface area contributed by atoms with Crippen LogP contribution in [-0.4, -0.2) is 42.5 Å². The molecule has 0 bridgehead atoms. The highest BCUT2D eigenvalue weighted by Gasteiger charge is 2.19. The van der Waals surface area contributed by atoms with E-state index >= 15 is 4.39 Å². The Hall–Kier alpha value is -4.28. The van der Waals surface area contributed by atoms with Crippen molar-refractivity contribution in [2.45, 2.75) is 20.4 Å². The number of H-pyrrole nitrogens is 2. The minimum atomic E-state index is -0.361. The van der Waals surface area contributed by atoms with Crippen LogP contribution in [-0.2, 0) is 6.54 Å². The number of Topliss-reactive ketones (excluding diaryl/α,β-unsaturated/α-hetero) is 1. The van der Waals surface area contributed by atoms with Crippen LogP contribution in [0.1, 0.15) is 29.1 Å². The number of ketones is 1. The fourth-order valence-corrected chi connectivity index (χ4v) is 5.22. The van der Waals surface area contributed by atoms with Gasteiger partial charge in [-0.2, -0.15) is 5.10 Å². The summed E-state index contributed by atoms with van der Waals surface area (Å²) in [5, 5.41) is 11.4. The van der Waals surface area contributed by atoms with Crippen LogP contribution in [0.3, 0.4) is 0 Å². The van der Waals surface area contributed by atoms with Crippen molar-refractivity contribution >= 4 is 39.1 Å². The lowest BCUT2D eigenvalue weighted by Gasteiger charge is -2.07. The van der Waals surface area contributed by atoms with Crippen molar-refractivity contribution in [1.29, 1.82) is 0 Å². The number of halogens is 1. The van der Waals surface area contributed by atoms with Gasteiger partial charge in [-0.1, -0.05) is 6.92 Å². The molecule has 0 aliphatic heterocycles. The zero-order chi connectivity index (χ0) is 25.5. The number of imidazole rings is 1. The molecule has 0 radical (unpaired) electrons. The second-order valence-corrected chi connectivity index (χ2v) is 9.76. The van der Waals surface area contributed by atoms with E-state index in [0.29, 0.717) is 50.8 Å². The van der Waals surface area contributed by atoms with Gasteiger partial charge >= 0.3 is 0 Å². The number of aromatic nitrogens is 6. The number of nitrogens with zero attached hydrogens (tertiary/aromatic N) is 4. The van der Waals surface area contributed by atoms with E-state index in [-0.39, 0.29) is 11.6 Å². The Morgan fingerprint density at radius 3 is 2.81 bits per heavy atom. The first kappa shape index (κ1) is 23.1. The van der Waals surface area contributed by atoms with Gasteiger partial charge in [-0.25, -0.2) is 9.37 Å².